The van der Waals surface area contributed by atoms with Crippen molar-refractivity contribution in [2.45, 2.75) is 64.5 Å². The molecule has 2 aliphatic rings. The van der Waals surface area contributed by atoms with Crippen molar-refractivity contribution in [1.29, 1.82) is 0 Å². The second-order valence-corrected chi connectivity index (χ2v) is 7.89. The molecule has 1 amide bonds. The summed E-state index contributed by atoms with van der Waals surface area (Å²) in [6.07, 6.45) is 6.56. The Kier molecular flexibility index (Phi) is 4.83. The number of hydrogen-bond donors (Lipinski definition) is 2. The highest BCUT2D eigenvalue weighted by molar-refractivity contribution is 7.09. The molecule has 0 aromatic carbocycles. The predicted octanol–water partition coefficient (Wildman–Crippen LogP) is 3.04. The number of aryl methyl sites for hydroxylation is 1. The first kappa shape index (κ1) is 15.9. The van der Waals surface area contributed by atoms with E-state index in [1.54, 1.807) is 11.3 Å². The van der Waals surface area contributed by atoms with Crippen LogP contribution in [0, 0.1) is 17.8 Å². The van der Waals surface area contributed by atoms with Gasteiger partial charge in [0.2, 0.25) is 5.91 Å². The van der Waals surface area contributed by atoms with Crippen molar-refractivity contribution in [2.24, 2.45) is 23.5 Å². The number of nitrogens with two attached hydrogens (primary N) is 1. The molecule has 0 radical (unpaired) electrons. The summed E-state index contributed by atoms with van der Waals surface area (Å²) in [6.45, 7) is 4.14. The Balaban J connectivity index is 1.60. The van der Waals surface area contributed by atoms with Gasteiger partial charge in [0.1, 0.15) is 0 Å². The predicted molar refractivity (Wildman–Crippen MR) is 89.6 cm³/mol. The number of carbonyl (C=O) groups excluding carboxylic acids is 1. The highest BCUT2D eigenvalue weighted by atomic mass is 32.1. The Morgan fingerprint density at radius 2 is 2.14 bits per heavy atom. The van der Waals surface area contributed by atoms with Crippen LogP contribution in [-0.2, 0) is 11.2 Å². The number of amides is 1. The molecule has 4 nitrogen and oxygen atoms in total. The number of aromatic nitrogens is 1. The van der Waals surface area contributed by atoms with E-state index in [1.807, 2.05) is 6.92 Å². The Morgan fingerprint density at radius 1 is 1.45 bits per heavy atom. The van der Waals surface area contributed by atoms with Crippen molar-refractivity contribution >= 4 is 17.2 Å². The summed E-state index contributed by atoms with van der Waals surface area (Å²) in [5, 5.41) is 6.37. The van der Waals surface area contributed by atoms with Crippen molar-refractivity contribution in [3.8, 4) is 0 Å². The Morgan fingerprint density at radius 3 is 2.73 bits per heavy atom. The van der Waals surface area contributed by atoms with Crippen LogP contribution in [0.25, 0.3) is 0 Å². The van der Waals surface area contributed by atoms with E-state index >= 15 is 0 Å². The molecule has 0 spiro atoms. The molecule has 22 heavy (non-hydrogen) atoms. The largest absolute Gasteiger partial charge is 0.348 e. The number of fused-ring (bicyclic) bond motifs is 2. The van der Waals surface area contributed by atoms with E-state index in [0.717, 1.165) is 30.0 Å². The van der Waals surface area contributed by atoms with Gasteiger partial charge < -0.3 is 11.1 Å². The third-order valence-corrected chi connectivity index (χ3v) is 6.47. The topological polar surface area (TPSA) is 68.0 Å². The van der Waals surface area contributed by atoms with Crippen LogP contribution in [0.2, 0.25) is 0 Å². The van der Waals surface area contributed by atoms with E-state index in [1.165, 1.54) is 19.3 Å². The molecule has 0 aliphatic heterocycles. The molecule has 1 heterocycles. The lowest BCUT2D eigenvalue weighted by atomic mass is 9.65. The lowest BCUT2D eigenvalue weighted by Gasteiger charge is -2.43. The fourth-order valence-corrected chi connectivity index (χ4v) is 4.93. The van der Waals surface area contributed by atoms with E-state index < -0.39 is 0 Å². The summed E-state index contributed by atoms with van der Waals surface area (Å²) in [7, 11) is 0. The molecule has 5 heteroatoms. The standard InChI is InChI=1S/C17H27N3OS/c1-3-15-20-14(9-22-15)10(2)19-17(21)13-7-11-5-4-6-12(8-13)16(11)18/h9-13,16H,3-8,18H2,1-2H3,(H,19,21). The van der Waals surface area contributed by atoms with Crippen molar-refractivity contribution in [1.82, 2.24) is 10.3 Å². The second kappa shape index (κ2) is 6.67. The van der Waals surface area contributed by atoms with E-state index in [9.17, 15) is 4.79 Å². The first-order valence-electron chi connectivity index (χ1n) is 8.58. The molecule has 3 unspecified atom stereocenters. The first-order valence-corrected chi connectivity index (χ1v) is 9.46. The van der Waals surface area contributed by atoms with Gasteiger partial charge in [-0.05, 0) is 50.9 Å². The van der Waals surface area contributed by atoms with Crippen LogP contribution < -0.4 is 11.1 Å². The van der Waals surface area contributed by atoms with Crippen LogP contribution in [0.1, 0.15) is 62.7 Å². The summed E-state index contributed by atoms with van der Waals surface area (Å²) in [6, 6.07) is 0.320. The minimum atomic E-state index is -0.000472. The van der Waals surface area contributed by atoms with Gasteiger partial charge in [0.25, 0.3) is 0 Å². The zero-order valence-corrected chi connectivity index (χ0v) is 14.4. The Hall–Kier alpha value is -0.940. The molecule has 0 saturated heterocycles. The third kappa shape index (κ3) is 3.20. The number of hydrogen-bond acceptors (Lipinski definition) is 4. The van der Waals surface area contributed by atoms with Gasteiger partial charge in [0.15, 0.2) is 0 Å². The van der Waals surface area contributed by atoms with E-state index in [0.29, 0.717) is 17.9 Å². The highest BCUT2D eigenvalue weighted by Gasteiger charge is 2.40. The molecule has 2 saturated carbocycles. The smallest absolute Gasteiger partial charge is 0.223 e. The minimum absolute atomic E-state index is 0.000472. The maximum absolute atomic E-state index is 12.6. The SMILES string of the molecule is CCc1nc(C(C)NC(=O)C2CC3CCCC(C2)C3N)cs1. The number of thiazole rings is 1. The van der Waals surface area contributed by atoms with E-state index in [2.05, 4.69) is 22.6 Å². The normalized spacial score (nSPS) is 32.5. The monoisotopic (exact) mass is 321 g/mol. The summed E-state index contributed by atoms with van der Waals surface area (Å²) in [4.78, 5) is 17.2. The highest BCUT2D eigenvalue weighted by Crippen LogP contribution is 2.42. The molecule has 1 aromatic rings. The maximum Gasteiger partial charge on any atom is 0.223 e. The molecule has 2 aliphatic carbocycles. The molecule has 3 atom stereocenters. The van der Waals surface area contributed by atoms with Crippen LogP contribution >= 0.6 is 11.3 Å². The van der Waals surface area contributed by atoms with Crippen molar-refractivity contribution in [3.63, 3.8) is 0 Å². The molecule has 122 valence electrons. The van der Waals surface area contributed by atoms with Crippen LogP contribution in [-0.4, -0.2) is 16.9 Å². The number of rotatable bonds is 4. The first-order chi connectivity index (χ1) is 10.6. The van der Waals surface area contributed by atoms with Gasteiger partial charge >= 0.3 is 0 Å². The fraction of sp³-hybridized carbons (Fsp3) is 0.765. The summed E-state index contributed by atoms with van der Waals surface area (Å²) in [5.74, 6) is 1.43. The maximum atomic E-state index is 12.6. The molecular formula is C17H27N3OS. The average molecular weight is 321 g/mol. The van der Waals surface area contributed by atoms with Crippen LogP contribution in [0.4, 0.5) is 0 Å². The van der Waals surface area contributed by atoms with Crippen LogP contribution in [0.15, 0.2) is 5.38 Å². The van der Waals surface area contributed by atoms with Gasteiger partial charge in [0, 0.05) is 17.3 Å². The fourth-order valence-electron chi connectivity index (χ4n) is 4.09. The molecule has 2 bridgehead atoms. The van der Waals surface area contributed by atoms with Crippen LogP contribution in [0.3, 0.4) is 0 Å². The quantitative estimate of drug-likeness (QED) is 0.895. The lowest BCUT2D eigenvalue weighted by molar-refractivity contribution is -0.128. The van der Waals surface area contributed by atoms with Crippen molar-refractivity contribution in [2.75, 3.05) is 0 Å². The third-order valence-electron chi connectivity index (χ3n) is 5.46. The number of carbonyl (C=O) groups is 1. The summed E-state index contributed by atoms with van der Waals surface area (Å²) < 4.78 is 0. The summed E-state index contributed by atoms with van der Waals surface area (Å²) in [5.41, 5.74) is 7.31. The van der Waals surface area contributed by atoms with Gasteiger partial charge in [-0.15, -0.1) is 11.3 Å². The summed E-state index contributed by atoms with van der Waals surface area (Å²) >= 11 is 1.68. The lowest BCUT2D eigenvalue weighted by Crippen LogP contribution is -2.49. The molecule has 3 N–H and O–H groups in total. The zero-order chi connectivity index (χ0) is 15.7. The van der Waals surface area contributed by atoms with Gasteiger partial charge in [-0.2, -0.15) is 0 Å². The van der Waals surface area contributed by atoms with Crippen LogP contribution in [0.5, 0.6) is 0 Å². The molecule has 1 aromatic heterocycles. The number of nitrogens with one attached hydrogen (secondary N) is 1. The van der Waals surface area contributed by atoms with E-state index in [4.69, 9.17) is 5.73 Å². The van der Waals surface area contributed by atoms with Gasteiger partial charge in [-0.1, -0.05) is 13.3 Å². The number of nitrogens with zero attached hydrogens (tertiary/aromatic N) is 1. The Bertz CT molecular complexity index is 516. The van der Waals surface area contributed by atoms with Crippen molar-refractivity contribution in [3.05, 3.63) is 16.1 Å². The van der Waals surface area contributed by atoms with Gasteiger partial charge in [0.05, 0.1) is 16.7 Å². The van der Waals surface area contributed by atoms with Gasteiger partial charge in [-0.3, -0.25) is 4.79 Å². The molecular weight excluding hydrogens is 294 g/mol. The second-order valence-electron chi connectivity index (χ2n) is 6.95. The van der Waals surface area contributed by atoms with Gasteiger partial charge in [-0.25, -0.2) is 4.98 Å². The molecule has 2 fully saturated rings. The average Bonchev–Trinajstić information content (AvgIpc) is 2.95. The Labute approximate surface area is 136 Å². The van der Waals surface area contributed by atoms with E-state index in [-0.39, 0.29) is 17.9 Å². The minimum Gasteiger partial charge on any atom is -0.348 e. The zero-order valence-electron chi connectivity index (χ0n) is 13.5. The van der Waals surface area contributed by atoms with Crippen molar-refractivity contribution < 1.29 is 4.79 Å². The molecule has 3 rings (SSSR count).